The number of amides is 2. The van der Waals surface area contributed by atoms with E-state index in [-0.39, 0.29) is 17.6 Å². The van der Waals surface area contributed by atoms with Crippen molar-refractivity contribution in [2.45, 2.75) is 11.7 Å². The molecule has 2 heterocycles. The summed E-state index contributed by atoms with van der Waals surface area (Å²) in [5.41, 5.74) is 2.04. The number of nitrogens with one attached hydrogen (secondary N) is 1. The number of ether oxygens (including phenoxy) is 1. The van der Waals surface area contributed by atoms with Gasteiger partial charge in [-0.1, -0.05) is 52.0 Å². The number of morpholine rings is 1. The molecule has 4 rings (SSSR count). The van der Waals surface area contributed by atoms with Gasteiger partial charge in [0.05, 0.1) is 19.0 Å². The van der Waals surface area contributed by atoms with E-state index in [1.807, 2.05) is 28.8 Å². The highest BCUT2D eigenvalue weighted by Crippen LogP contribution is 2.25. The molecule has 1 aromatic heterocycles. The number of hydrogen-bond acceptors (Lipinski definition) is 6. The molecule has 176 valence electrons. The van der Waals surface area contributed by atoms with Crippen LogP contribution in [0.1, 0.15) is 10.4 Å². The summed E-state index contributed by atoms with van der Waals surface area (Å²) in [6.07, 6.45) is 1.77. The first-order chi connectivity index (χ1) is 16.5. The maximum atomic E-state index is 12.7. The lowest BCUT2D eigenvalue weighted by atomic mass is 10.1. The minimum atomic E-state index is -0.195. The van der Waals surface area contributed by atoms with Gasteiger partial charge in [0, 0.05) is 40.9 Å². The predicted molar refractivity (Wildman–Crippen MR) is 136 cm³/mol. The molecule has 10 heteroatoms. The van der Waals surface area contributed by atoms with Crippen LogP contribution in [-0.4, -0.2) is 63.5 Å². The molecule has 1 aliphatic rings. The second-order valence-electron chi connectivity index (χ2n) is 7.53. The van der Waals surface area contributed by atoms with E-state index >= 15 is 0 Å². The van der Waals surface area contributed by atoms with Crippen molar-refractivity contribution in [2.75, 3.05) is 37.4 Å². The Kier molecular flexibility index (Phi) is 8.15. The van der Waals surface area contributed by atoms with Crippen molar-refractivity contribution in [2.24, 2.45) is 0 Å². The van der Waals surface area contributed by atoms with Gasteiger partial charge in [-0.05, 0) is 30.3 Å². The van der Waals surface area contributed by atoms with E-state index in [0.717, 1.165) is 10.0 Å². The molecule has 1 aliphatic heterocycles. The number of hydrogen-bond donors (Lipinski definition) is 1. The van der Waals surface area contributed by atoms with E-state index in [1.54, 1.807) is 35.2 Å². The number of rotatable bonds is 8. The second kappa shape index (κ2) is 11.5. The van der Waals surface area contributed by atoms with Crippen LogP contribution in [0.15, 0.2) is 70.8 Å². The topological polar surface area (TPSA) is 89.4 Å². The van der Waals surface area contributed by atoms with Gasteiger partial charge >= 0.3 is 0 Å². The van der Waals surface area contributed by atoms with Crippen molar-refractivity contribution in [1.29, 1.82) is 0 Å². The van der Waals surface area contributed by atoms with Gasteiger partial charge in [-0.15, -0.1) is 16.8 Å². The van der Waals surface area contributed by atoms with Crippen LogP contribution in [0.3, 0.4) is 0 Å². The second-order valence-corrected chi connectivity index (χ2v) is 9.39. The van der Waals surface area contributed by atoms with Gasteiger partial charge in [-0.25, -0.2) is 0 Å². The van der Waals surface area contributed by atoms with Gasteiger partial charge in [-0.3, -0.25) is 14.2 Å². The number of nitrogens with zero attached hydrogens (tertiary/aromatic N) is 4. The maximum absolute atomic E-state index is 12.7. The van der Waals surface area contributed by atoms with E-state index in [9.17, 15) is 9.59 Å². The van der Waals surface area contributed by atoms with Gasteiger partial charge in [0.2, 0.25) is 5.91 Å². The maximum Gasteiger partial charge on any atom is 0.254 e. The lowest BCUT2D eigenvalue weighted by Gasteiger charge is -2.27. The van der Waals surface area contributed by atoms with Crippen molar-refractivity contribution in [3.8, 4) is 11.4 Å². The van der Waals surface area contributed by atoms with Crippen LogP contribution in [0.4, 0.5) is 5.69 Å². The molecule has 0 unspecified atom stereocenters. The molecular formula is C24H24BrN5O3S. The minimum absolute atomic E-state index is 0.0632. The van der Waals surface area contributed by atoms with E-state index in [2.05, 4.69) is 38.0 Å². The average molecular weight is 542 g/mol. The molecule has 0 saturated carbocycles. The number of anilines is 1. The molecule has 1 saturated heterocycles. The first kappa shape index (κ1) is 24.2. The first-order valence-corrected chi connectivity index (χ1v) is 12.5. The van der Waals surface area contributed by atoms with Crippen LogP contribution in [0, 0.1) is 0 Å². The smallest absolute Gasteiger partial charge is 0.254 e. The Hall–Kier alpha value is -2.95. The molecule has 8 nitrogen and oxygen atoms in total. The summed E-state index contributed by atoms with van der Waals surface area (Å²) in [5, 5.41) is 12.1. The molecule has 0 radical (unpaired) electrons. The Morgan fingerprint density at radius 1 is 1.15 bits per heavy atom. The van der Waals surface area contributed by atoms with Crippen LogP contribution in [0.2, 0.25) is 0 Å². The van der Waals surface area contributed by atoms with Crippen molar-refractivity contribution in [1.82, 2.24) is 19.7 Å². The zero-order valence-corrected chi connectivity index (χ0v) is 20.8. The number of aromatic nitrogens is 3. The lowest BCUT2D eigenvalue weighted by molar-refractivity contribution is -0.113. The molecule has 2 amide bonds. The Bertz CT molecular complexity index is 1180. The van der Waals surface area contributed by atoms with Gasteiger partial charge in [-0.2, -0.15) is 0 Å². The summed E-state index contributed by atoms with van der Waals surface area (Å²) in [5.74, 6) is 0.604. The Morgan fingerprint density at radius 2 is 1.91 bits per heavy atom. The number of carbonyl (C=O) groups is 2. The average Bonchev–Trinajstić information content (AvgIpc) is 3.26. The van der Waals surface area contributed by atoms with E-state index < -0.39 is 0 Å². The SMILES string of the molecule is C=CCn1c(SCC(=O)Nc2cccc(C(=O)N3CCOCC3)c2)nnc1-c1ccc(Br)cc1. The summed E-state index contributed by atoms with van der Waals surface area (Å²) < 4.78 is 8.21. The van der Waals surface area contributed by atoms with Crippen LogP contribution >= 0.6 is 27.7 Å². The van der Waals surface area contributed by atoms with Crippen molar-refractivity contribution in [3.05, 3.63) is 71.2 Å². The highest BCUT2D eigenvalue weighted by atomic mass is 79.9. The number of allylic oxidation sites excluding steroid dienone is 1. The Labute approximate surface area is 210 Å². The molecule has 34 heavy (non-hydrogen) atoms. The highest BCUT2D eigenvalue weighted by molar-refractivity contribution is 9.10. The first-order valence-electron chi connectivity index (χ1n) is 10.7. The lowest BCUT2D eigenvalue weighted by Crippen LogP contribution is -2.40. The van der Waals surface area contributed by atoms with Crippen LogP contribution in [0.25, 0.3) is 11.4 Å². The van der Waals surface area contributed by atoms with Gasteiger partial charge in [0.15, 0.2) is 11.0 Å². The van der Waals surface area contributed by atoms with Crippen LogP contribution < -0.4 is 5.32 Å². The largest absolute Gasteiger partial charge is 0.378 e. The third-order valence-corrected chi connectivity index (χ3v) is 6.65. The van der Waals surface area contributed by atoms with Crippen molar-refractivity contribution in [3.63, 3.8) is 0 Å². The quantitative estimate of drug-likeness (QED) is 0.341. The molecule has 1 fully saturated rings. The summed E-state index contributed by atoms with van der Waals surface area (Å²) in [4.78, 5) is 27.1. The fourth-order valence-electron chi connectivity index (χ4n) is 3.51. The number of halogens is 1. The monoisotopic (exact) mass is 541 g/mol. The minimum Gasteiger partial charge on any atom is -0.378 e. The predicted octanol–water partition coefficient (Wildman–Crippen LogP) is 4.10. The molecular weight excluding hydrogens is 518 g/mol. The zero-order chi connectivity index (χ0) is 23.9. The highest BCUT2D eigenvalue weighted by Gasteiger charge is 2.19. The molecule has 2 aromatic carbocycles. The summed E-state index contributed by atoms with van der Waals surface area (Å²) in [6.45, 7) is 6.56. The standard InChI is InChI=1S/C24H24BrN5O3S/c1-2-10-30-22(17-6-8-19(25)9-7-17)27-28-24(30)34-16-21(31)26-20-5-3-4-18(15-20)23(32)29-11-13-33-14-12-29/h2-9,15H,1,10-14,16H2,(H,26,31). The number of benzene rings is 2. The van der Waals surface area contributed by atoms with Gasteiger partial charge in [0.1, 0.15) is 0 Å². The molecule has 1 N–H and O–H groups in total. The van der Waals surface area contributed by atoms with Crippen molar-refractivity contribution < 1.29 is 14.3 Å². The van der Waals surface area contributed by atoms with Gasteiger partial charge in [0.25, 0.3) is 5.91 Å². The zero-order valence-electron chi connectivity index (χ0n) is 18.4. The fourth-order valence-corrected chi connectivity index (χ4v) is 4.52. The molecule has 0 bridgehead atoms. The van der Waals surface area contributed by atoms with Gasteiger partial charge < -0.3 is 15.0 Å². The third kappa shape index (κ3) is 5.94. The molecule has 0 spiro atoms. The Balaban J connectivity index is 1.40. The summed E-state index contributed by atoms with van der Waals surface area (Å²) >= 11 is 4.74. The Morgan fingerprint density at radius 3 is 2.65 bits per heavy atom. The normalized spacial score (nSPS) is 13.5. The summed E-state index contributed by atoms with van der Waals surface area (Å²) in [7, 11) is 0. The van der Waals surface area contributed by atoms with Crippen molar-refractivity contribution >= 4 is 45.2 Å². The fraction of sp³-hybridized carbons (Fsp3) is 0.250. The van der Waals surface area contributed by atoms with Crippen LogP contribution in [-0.2, 0) is 16.1 Å². The third-order valence-electron chi connectivity index (χ3n) is 5.15. The number of carbonyl (C=O) groups excluding carboxylic acids is 2. The van der Waals surface area contributed by atoms with Crippen LogP contribution in [0.5, 0.6) is 0 Å². The van der Waals surface area contributed by atoms with E-state index in [0.29, 0.717) is 55.1 Å². The molecule has 0 atom stereocenters. The molecule has 0 aliphatic carbocycles. The number of thioether (sulfide) groups is 1. The van der Waals surface area contributed by atoms with E-state index in [4.69, 9.17) is 4.74 Å². The summed E-state index contributed by atoms with van der Waals surface area (Å²) in [6, 6.07) is 14.8. The molecule has 3 aromatic rings. The van der Waals surface area contributed by atoms with E-state index in [1.165, 1.54) is 11.8 Å².